The van der Waals surface area contributed by atoms with Crippen LogP contribution in [0.1, 0.15) is 59.8 Å². The van der Waals surface area contributed by atoms with Crippen LogP contribution in [0.15, 0.2) is 78.9 Å². The molecule has 1 heterocycles. The fourth-order valence-corrected chi connectivity index (χ4v) is 5.58. The second-order valence-electron chi connectivity index (χ2n) is 11.5. The van der Waals surface area contributed by atoms with E-state index in [1.165, 1.54) is 0 Å². The van der Waals surface area contributed by atoms with Gasteiger partial charge in [-0.2, -0.15) is 0 Å². The first-order valence-corrected chi connectivity index (χ1v) is 15.4. The summed E-state index contributed by atoms with van der Waals surface area (Å²) in [5, 5.41) is 19.7. The molecule has 0 radical (unpaired) electrons. The van der Waals surface area contributed by atoms with Gasteiger partial charge in [-0.05, 0) is 67.7 Å². The molecule has 0 bridgehead atoms. The fraction of sp³-hybridized carbons (Fsp3) is 0.432. The molecule has 4 N–H and O–H groups in total. The molecule has 1 fully saturated rings. The summed E-state index contributed by atoms with van der Waals surface area (Å²) in [5.74, 6) is -5.29. The summed E-state index contributed by atoms with van der Waals surface area (Å²) in [6.07, 6.45) is -1.32. The molecular formula is C37H48N4O5. The SMILES string of the molecule is [2H]C([2H])([2H])C([2H])(C([2H])([2H])[2H])[C@@]([2H])(C(=O)N[C@@H](Cc1ccccc1)C[C@H](O)[C@H](Cc1ccccc1)NC(=O)COc1c(C)cccc1C)N1CCCNC1=O. The van der Waals surface area contributed by atoms with E-state index in [1.54, 1.807) is 42.5 Å². The molecule has 0 aromatic heterocycles. The summed E-state index contributed by atoms with van der Waals surface area (Å²) in [6, 6.07) is 16.8. The fourth-order valence-electron chi connectivity index (χ4n) is 5.58. The highest BCUT2D eigenvalue weighted by Crippen LogP contribution is 2.22. The van der Waals surface area contributed by atoms with Crippen LogP contribution in [-0.4, -0.2) is 71.8 Å². The van der Waals surface area contributed by atoms with E-state index in [0.717, 1.165) is 16.7 Å². The van der Waals surface area contributed by atoms with Gasteiger partial charge in [0.25, 0.3) is 5.91 Å². The molecule has 1 aliphatic rings. The van der Waals surface area contributed by atoms with Gasteiger partial charge in [-0.1, -0.05) is 92.6 Å². The summed E-state index contributed by atoms with van der Waals surface area (Å²) < 4.78 is 72.9. The largest absolute Gasteiger partial charge is 0.483 e. The van der Waals surface area contributed by atoms with Crippen molar-refractivity contribution in [1.29, 1.82) is 0 Å². The molecular weight excluding hydrogens is 580 g/mol. The number of ether oxygens (including phenoxy) is 1. The van der Waals surface area contributed by atoms with Gasteiger partial charge in [-0.15, -0.1) is 0 Å². The number of rotatable bonds is 15. The monoisotopic (exact) mass is 636 g/mol. The van der Waals surface area contributed by atoms with E-state index in [4.69, 9.17) is 14.3 Å². The number of urea groups is 1. The van der Waals surface area contributed by atoms with Crippen LogP contribution in [0.3, 0.4) is 0 Å². The van der Waals surface area contributed by atoms with E-state index in [2.05, 4.69) is 16.0 Å². The van der Waals surface area contributed by atoms with Crippen LogP contribution in [0.25, 0.3) is 0 Å². The Hall–Kier alpha value is -4.37. The van der Waals surface area contributed by atoms with Gasteiger partial charge in [0.05, 0.1) is 13.5 Å². The Balaban J connectivity index is 1.69. The molecule has 46 heavy (non-hydrogen) atoms. The molecule has 4 atom stereocenters. The Morgan fingerprint density at radius 2 is 1.59 bits per heavy atom. The zero-order valence-corrected chi connectivity index (χ0v) is 26.2. The van der Waals surface area contributed by atoms with Crippen LogP contribution in [0.2, 0.25) is 0 Å². The number of para-hydroxylation sites is 1. The lowest BCUT2D eigenvalue weighted by Gasteiger charge is -2.37. The van der Waals surface area contributed by atoms with Crippen molar-refractivity contribution in [3.05, 3.63) is 101 Å². The average Bonchev–Trinajstić information content (AvgIpc) is 3.10. The molecule has 1 saturated heterocycles. The summed E-state index contributed by atoms with van der Waals surface area (Å²) >= 11 is 0. The van der Waals surface area contributed by atoms with Crippen molar-refractivity contribution < 1.29 is 35.2 Å². The number of carbonyl (C=O) groups excluding carboxylic acids is 3. The van der Waals surface area contributed by atoms with Crippen LogP contribution in [0.4, 0.5) is 4.79 Å². The zero-order chi connectivity index (χ0) is 39.9. The number of aryl methyl sites for hydroxylation is 2. The Morgan fingerprint density at radius 1 is 0.957 bits per heavy atom. The van der Waals surface area contributed by atoms with Crippen molar-refractivity contribution in [2.45, 2.75) is 77.4 Å². The maximum atomic E-state index is 14.4. The van der Waals surface area contributed by atoms with Crippen LogP contribution < -0.4 is 20.7 Å². The lowest BCUT2D eigenvalue weighted by molar-refractivity contribution is -0.128. The molecule has 0 unspecified atom stereocenters. The Labute approximate surface area is 284 Å². The topological polar surface area (TPSA) is 120 Å². The molecule has 3 aromatic rings. The van der Waals surface area contributed by atoms with Crippen LogP contribution in [0.5, 0.6) is 5.75 Å². The van der Waals surface area contributed by atoms with E-state index in [-0.39, 0.29) is 45.4 Å². The second-order valence-corrected chi connectivity index (χ2v) is 11.5. The quantitative estimate of drug-likeness (QED) is 0.198. The number of benzene rings is 3. The first-order chi connectivity index (χ1) is 25.3. The van der Waals surface area contributed by atoms with E-state index >= 15 is 0 Å². The number of hydrogen-bond acceptors (Lipinski definition) is 5. The Bertz CT molecular complexity index is 1710. The van der Waals surface area contributed by atoms with Crippen LogP contribution in [0, 0.1) is 19.7 Å². The highest BCUT2D eigenvalue weighted by Gasteiger charge is 2.35. The predicted octanol–water partition coefficient (Wildman–Crippen LogP) is 4.33. The third-order valence-corrected chi connectivity index (χ3v) is 7.85. The minimum Gasteiger partial charge on any atom is -0.483 e. The molecule has 1 aliphatic heterocycles. The van der Waals surface area contributed by atoms with Gasteiger partial charge in [-0.3, -0.25) is 9.59 Å². The zero-order valence-electron chi connectivity index (χ0n) is 34.2. The van der Waals surface area contributed by atoms with E-state index in [9.17, 15) is 20.9 Å². The maximum Gasteiger partial charge on any atom is 0.318 e. The smallest absolute Gasteiger partial charge is 0.318 e. The number of nitrogens with one attached hydrogen (secondary N) is 3. The van der Waals surface area contributed by atoms with Gasteiger partial charge in [0, 0.05) is 28.7 Å². The predicted molar refractivity (Wildman–Crippen MR) is 180 cm³/mol. The van der Waals surface area contributed by atoms with E-state index in [1.807, 2.05) is 50.2 Å². The average molecular weight is 637 g/mol. The number of carbonyl (C=O) groups is 3. The van der Waals surface area contributed by atoms with Crippen molar-refractivity contribution in [3.63, 3.8) is 0 Å². The molecule has 9 nitrogen and oxygen atoms in total. The summed E-state index contributed by atoms with van der Waals surface area (Å²) in [7, 11) is 0. The Morgan fingerprint density at radius 3 is 2.20 bits per heavy atom. The third-order valence-electron chi connectivity index (χ3n) is 7.85. The van der Waals surface area contributed by atoms with Crippen molar-refractivity contribution in [1.82, 2.24) is 20.9 Å². The number of nitrogens with zero attached hydrogens (tertiary/aromatic N) is 1. The third kappa shape index (κ3) is 9.81. The van der Waals surface area contributed by atoms with Gasteiger partial charge >= 0.3 is 6.03 Å². The van der Waals surface area contributed by atoms with Gasteiger partial charge in [0.2, 0.25) is 5.91 Å². The first-order valence-electron chi connectivity index (χ1n) is 19.4. The standard InChI is InChI=1S/C37H48N4O5/c1-25(2)34(41-20-12-19-38-37(41)45)36(44)39-30(21-28-15-7-5-8-16-28)23-32(42)31(22-29-17-9-6-10-18-29)40-33(43)24-46-35-26(3)13-11-14-27(35)4/h5-11,13-18,25,30-32,34,42H,12,19-24H2,1-4H3,(H,38,45)(H,39,44)(H,40,43)/t30-,31-,32-,34-/m0/s1/i1D3,2D3,25D,34D. The van der Waals surface area contributed by atoms with E-state index < -0.39 is 61.6 Å². The molecule has 4 rings (SSSR count). The Kier molecular flexibility index (Phi) is 9.06. The number of amides is 4. The summed E-state index contributed by atoms with van der Waals surface area (Å²) in [6.45, 7) is -4.37. The molecule has 9 heteroatoms. The normalized spacial score (nSPS) is 19.8. The maximum absolute atomic E-state index is 14.4. The lowest BCUT2D eigenvalue weighted by Crippen LogP contribution is -2.59. The van der Waals surface area contributed by atoms with Crippen molar-refractivity contribution in [3.8, 4) is 5.75 Å². The number of hydrogen-bond donors (Lipinski definition) is 4. The van der Waals surface area contributed by atoms with Gasteiger partial charge < -0.3 is 30.7 Å². The molecule has 0 saturated carbocycles. The summed E-state index contributed by atoms with van der Waals surface area (Å²) in [5.41, 5.74) is 3.11. The number of aliphatic hydroxyl groups is 1. The van der Waals surface area contributed by atoms with Crippen LogP contribution in [-0.2, 0) is 22.4 Å². The highest BCUT2D eigenvalue weighted by molar-refractivity contribution is 5.87. The van der Waals surface area contributed by atoms with Crippen molar-refractivity contribution in [2.75, 3.05) is 19.7 Å². The van der Waals surface area contributed by atoms with Gasteiger partial charge in [-0.25, -0.2) is 4.79 Å². The molecule has 3 aromatic carbocycles. The van der Waals surface area contributed by atoms with Crippen molar-refractivity contribution >= 4 is 17.8 Å². The van der Waals surface area contributed by atoms with Gasteiger partial charge in [0.15, 0.2) is 6.61 Å². The van der Waals surface area contributed by atoms with E-state index in [0.29, 0.717) is 16.2 Å². The molecule has 0 aliphatic carbocycles. The molecule has 4 amide bonds. The minimum atomic E-state index is -3.80. The highest BCUT2D eigenvalue weighted by atomic mass is 16.5. The molecule has 246 valence electrons. The minimum absolute atomic E-state index is 0.0140. The van der Waals surface area contributed by atoms with Crippen molar-refractivity contribution in [2.24, 2.45) is 5.89 Å². The second kappa shape index (κ2) is 16.8. The first kappa shape index (κ1) is 24.8. The lowest BCUT2D eigenvalue weighted by atomic mass is 9.92. The number of aliphatic hydroxyl groups excluding tert-OH is 1. The van der Waals surface area contributed by atoms with Gasteiger partial charge in [0.1, 0.15) is 11.8 Å². The van der Waals surface area contributed by atoms with Crippen LogP contribution >= 0.6 is 0 Å². The summed E-state index contributed by atoms with van der Waals surface area (Å²) in [4.78, 5) is 41.4. The molecule has 0 spiro atoms.